The summed E-state index contributed by atoms with van der Waals surface area (Å²) in [5.74, 6) is -0.309. The van der Waals surface area contributed by atoms with E-state index in [4.69, 9.17) is 44.6 Å². The molecule has 0 aliphatic rings. The monoisotopic (exact) mass is 920 g/mol. The van der Waals surface area contributed by atoms with Crippen LogP contribution in [-0.2, 0) is 22.1 Å². The van der Waals surface area contributed by atoms with Crippen LogP contribution in [0.25, 0.3) is 0 Å². The van der Waals surface area contributed by atoms with Gasteiger partial charge < -0.3 is 38.3 Å². The van der Waals surface area contributed by atoms with Crippen LogP contribution in [0.5, 0.6) is 0 Å². The van der Waals surface area contributed by atoms with Crippen LogP contribution >= 0.6 is 11.6 Å². The number of halogens is 2. The summed E-state index contributed by atoms with van der Waals surface area (Å²) in [4.78, 5) is 47.8. The molecule has 0 aliphatic heterocycles. The summed E-state index contributed by atoms with van der Waals surface area (Å²) in [5, 5.41) is 9.96. The van der Waals surface area contributed by atoms with Crippen LogP contribution in [0.3, 0.4) is 0 Å². The van der Waals surface area contributed by atoms with E-state index >= 15 is 0 Å². The molecule has 0 saturated heterocycles. The van der Waals surface area contributed by atoms with Gasteiger partial charge in [0.05, 0.1) is 0 Å². The molecule has 0 fully saturated rings. The smallest absolute Gasteiger partial charge is 0.397 e. The molecule has 1 amide bonds. The minimum Gasteiger partial charge on any atom is -0.397 e. The van der Waals surface area contributed by atoms with Gasteiger partial charge in [0.2, 0.25) is 0 Å². The van der Waals surface area contributed by atoms with Crippen molar-refractivity contribution in [1.29, 1.82) is 0 Å². The van der Waals surface area contributed by atoms with Crippen molar-refractivity contribution in [2.24, 2.45) is 5.73 Å². The Kier molecular flexibility index (Phi) is 32.8. The molecule has 0 saturated carbocycles. The molecule has 0 aromatic heterocycles. The second kappa shape index (κ2) is 35.2. The minimum atomic E-state index is -2.69. The van der Waals surface area contributed by atoms with Gasteiger partial charge in [0.25, 0.3) is 11.1 Å². The first-order valence-electron chi connectivity index (χ1n) is 20.8. The Morgan fingerprint density at radius 3 is 1.34 bits per heavy atom. The normalized spacial score (nSPS) is 10.4. The molecule has 16 heteroatoms. The summed E-state index contributed by atoms with van der Waals surface area (Å²) in [6, 6.07) is 32.7. The number of amides is 1. The summed E-state index contributed by atoms with van der Waals surface area (Å²) < 4.78 is 28.4. The number of hydrogen-bond acceptors (Lipinski definition) is 11. The number of rotatable bonds is 23. The highest BCUT2D eigenvalue weighted by Crippen LogP contribution is 2.18. The molecule has 344 valence electrons. The number of benzene rings is 4. The molecule has 4 aromatic rings. The van der Waals surface area contributed by atoms with E-state index in [1.165, 1.54) is 0 Å². The lowest BCUT2D eigenvalue weighted by Crippen LogP contribution is -2.46. The number of carbonyl (C=O) groups is 4. The van der Waals surface area contributed by atoms with Crippen LogP contribution in [0.15, 0.2) is 109 Å². The summed E-state index contributed by atoms with van der Waals surface area (Å²) in [5.41, 5.74) is 8.62. The van der Waals surface area contributed by atoms with E-state index in [0.717, 1.165) is 32.2 Å². The Morgan fingerprint density at radius 1 is 0.613 bits per heavy atom. The first-order chi connectivity index (χ1) is 29.5. The van der Waals surface area contributed by atoms with Crippen LogP contribution in [0.4, 0.5) is 4.70 Å². The van der Waals surface area contributed by atoms with Crippen LogP contribution in [0.2, 0.25) is 12.1 Å². The molecule has 0 spiro atoms. The third-order valence-electron chi connectivity index (χ3n) is 8.24. The standard InChI is InChI=1S/C23H31NO5Si.C14H9ClO2.C7H19NO2Si.C2H6O.FH.H2/c1-4-27-30(28-5-2,29-6-3)18-10-17-24-23(26)21-15-13-20(14-16-21)22(25)19-11-8-7-9-12-19;15-14(17)12-8-6-11(7-9-12)13(16)10-4-2-1-3-5-10;1-3-9-11(10-4-2)7-5-6-8;1-2-3;;/h7-9,11-16H,4-6,10,17-18H2,1-3H3,(H,24,26);1-9H;11H,3-8H2,1-2H3;3H,2H2,1H3;2*1H/i;;;;;1+2. The molecule has 4 aromatic carbocycles. The molecule has 0 atom stereocenters. The first-order valence-corrected chi connectivity index (χ1v) is 24.9. The van der Waals surface area contributed by atoms with Gasteiger partial charge in [-0.05, 0) is 103 Å². The van der Waals surface area contributed by atoms with Crippen LogP contribution < -0.4 is 11.1 Å². The number of carbonyl (C=O) groups excluding carboxylic acids is 4. The van der Waals surface area contributed by atoms with Gasteiger partial charge in [0, 0.05) is 87.0 Å². The van der Waals surface area contributed by atoms with E-state index in [2.05, 4.69) is 5.32 Å². The van der Waals surface area contributed by atoms with E-state index in [1.54, 1.807) is 79.7 Å². The minimum absolute atomic E-state index is 0. The van der Waals surface area contributed by atoms with Crippen LogP contribution in [-0.4, -0.2) is 98.6 Å². The van der Waals surface area contributed by atoms with Gasteiger partial charge in [0.1, 0.15) is 0 Å². The molecule has 4 N–H and O–H groups in total. The van der Waals surface area contributed by atoms with Gasteiger partial charge in [-0.2, -0.15) is 0 Å². The largest absolute Gasteiger partial charge is 0.500 e. The van der Waals surface area contributed by atoms with Crippen molar-refractivity contribution in [2.45, 2.75) is 66.5 Å². The fraction of sp³-hybridized carbons (Fsp3) is 0.391. The summed E-state index contributed by atoms with van der Waals surface area (Å²) in [6.07, 6.45) is 1.72. The SMILES string of the molecule is CCO.CCO[SiH](CCCN)OCC.CCO[Si](CCCNC(=O)c1ccc(C(=O)c2ccccc2)cc1)(OCC)OCC.F.O=C(Cl)c1ccc(C(=O)c2ccccc2)cc1.[3HH]. The number of nitrogens with one attached hydrogen (secondary N) is 1. The molecule has 62 heavy (non-hydrogen) atoms. The summed E-state index contributed by atoms with van der Waals surface area (Å²) >= 11 is 5.33. The molecular weight excluding hydrogens is 851 g/mol. The zero-order valence-corrected chi connectivity index (χ0v) is 39.9. The molecule has 0 bridgehead atoms. The molecule has 0 unspecified atom stereocenters. The summed E-state index contributed by atoms with van der Waals surface area (Å²) in [7, 11) is -4.02. The van der Waals surface area contributed by atoms with Gasteiger partial charge in [-0.3, -0.25) is 23.9 Å². The van der Waals surface area contributed by atoms with Crippen LogP contribution in [0.1, 0.15) is 108 Å². The van der Waals surface area contributed by atoms with E-state index < -0.39 is 23.3 Å². The van der Waals surface area contributed by atoms with E-state index in [0.29, 0.717) is 72.2 Å². The Balaban J connectivity index is 0. The van der Waals surface area contributed by atoms with Crippen molar-refractivity contribution >= 4 is 52.4 Å². The third-order valence-corrected chi connectivity index (χ3v) is 13.9. The van der Waals surface area contributed by atoms with Crippen molar-refractivity contribution in [1.82, 2.24) is 5.32 Å². The number of nitrogens with two attached hydrogens (primary N) is 1. The molecule has 0 aliphatic carbocycles. The number of aliphatic hydroxyl groups is 1. The Labute approximate surface area is 376 Å². The van der Waals surface area contributed by atoms with Gasteiger partial charge in [-0.1, -0.05) is 84.9 Å². The predicted molar refractivity (Wildman–Crippen MR) is 251 cm³/mol. The highest BCUT2D eigenvalue weighted by Gasteiger charge is 2.39. The van der Waals surface area contributed by atoms with E-state index in [1.807, 2.05) is 71.0 Å². The van der Waals surface area contributed by atoms with Crippen molar-refractivity contribution < 1.29 is 52.5 Å². The van der Waals surface area contributed by atoms with Gasteiger partial charge in [-0.15, -0.1) is 0 Å². The van der Waals surface area contributed by atoms with E-state index in [-0.39, 0.29) is 30.2 Å². The second-order valence-corrected chi connectivity index (χ2v) is 17.9. The molecule has 0 radical (unpaired) electrons. The predicted octanol–water partition coefficient (Wildman–Crippen LogP) is 8.41. The number of ketones is 2. The lowest BCUT2D eigenvalue weighted by molar-refractivity contribution is 0.0704. The molecular formula is C46H68ClFN2O10Si2. The summed E-state index contributed by atoms with van der Waals surface area (Å²) in [6.45, 7) is 16.1. The fourth-order valence-corrected chi connectivity index (χ4v) is 10.00. The molecule has 12 nitrogen and oxygen atoms in total. The zero-order valence-electron chi connectivity index (χ0n) is 36.9. The van der Waals surface area contributed by atoms with Crippen molar-refractivity contribution in [3.63, 3.8) is 0 Å². The quantitative estimate of drug-likeness (QED) is 0.0282. The highest BCUT2D eigenvalue weighted by atomic mass is 35.5. The zero-order chi connectivity index (χ0) is 45.3. The van der Waals surface area contributed by atoms with Crippen molar-refractivity contribution in [3.05, 3.63) is 143 Å². The second-order valence-electron chi connectivity index (χ2n) is 12.7. The van der Waals surface area contributed by atoms with Crippen molar-refractivity contribution in [3.8, 4) is 0 Å². The lowest BCUT2D eigenvalue weighted by atomic mass is 10.0. The maximum atomic E-state index is 12.5. The van der Waals surface area contributed by atoms with Gasteiger partial charge >= 0.3 is 18.1 Å². The van der Waals surface area contributed by atoms with Gasteiger partial charge in [0.15, 0.2) is 11.6 Å². The molecule has 0 heterocycles. The lowest BCUT2D eigenvalue weighted by Gasteiger charge is -2.28. The average Bonchev–Trinajstić information content (AvgIpc) is 3.28. The Bertz CT molecular complexity index is 1780. The fourth-order valence-electron chi connectivity index (χ4n) is 5.52. The number of hydrogen-bond donors (Lipinski definition) is 3. The van der Waals surface area contributed by atoms with E-state index in [9.17, 15) is 19.2 Å². The highest BCUT2D eigenvalue weighted by molar-refractivity contribution is 6.67. The first kappa shape index (κ1) is 57.7. The maximum Gasteiger partial charge on any atom is 0.500 e. The van der Waals surface area contributed by atoms with Gasteiger partial charge in [-0.25, -0.2) is 0 Å². The maximum absolute atomic E-state index is 12.5. The average molecular weight is 922 g/mol. The topological polar surface area (TPSA) is 173 Å². The number of aliphatic hydroxyl groups excluding tert-OH is 1. The van der Waals surface area contributed by atoms with Crippen molar-refractivity contribution in [2.75, 3.05) is 52.7 Å². The Morgan fingerprint density at radius 2 is 0.984 bits per heavy atom. The Hall–Kier alpha value is -4.27. The third kappa shape index (κ3) is 22.7. The van der Waals surface area contributed by atoms with Crippen LogP contribution in [0, 0.1) is 0 Å². The molecule has 4 rings (SSSR count).